The van der Waals surface area contributed by atoms with E-state index in [9.17, 15) is 0 Å². The first-order chi connectivity index (χ1) is 3.81. The average Bonchev–Trinajstić information content (AvgIpc) is 1.68. The summed E-state index contributed by atoms with van der Waals surface area (Å²) < 4.78 is 0. The van der Waals surface area contributed by atoms with Crippen LogP contribution in [-0.2, 0) is 11.8 Å². The molecule has 0 aliphatic carbocycles. The normalized spacial score (nSPS) is 10.4. The summed E-state index contributed by atoms with van der Waals surface area (Å²) in [6.07, 6.45) is 5.23. The van der Waals surface area contributed by atoms with Gasteiger partial charge in [-0.3, -0.25) is 0 Å². The van der Waals surface area contributed by atoms with Gasteiger partial charge in [0.1, 0.15) is 0 Å². The van der Waals surface area contributed by atoms with E-state index in [0.29, 0.717) is 0 Å². The molecule has 0 unspecified atom stereocenters. The lowest BCUT2D eigenvalue weighted by Gasteiger charge is -1.96. The highest BCUT2D eigenvalue weighted by molar-refractivity contribution is 8.05. The van der Waals surface area contributed by atoms with Gasteiger partial charge in [-0.2, -0.15) is 0 Å². The molecule has 0 bridgehead atoms. The van der Waals surface area contributed by atoms with Gasteiger partial charge in [-0.05, 0) is 12.3 Å². The first kappa shape index (κ1) is 8.65. The standard InChI is InChI=1S/C6H15PS/c1-3-5-7(8)6-4-2/h7H,3-6H2,1-2H3. The summed E-state index contributed by atoms with van der Waals surface area (Å²) in [5, 5.41) is 0. The van der Waals surface area contributed by atoms with E-state index >= 15 is 0 Å². The third-order valence-corrected chi connectivity index (χ3v) is 4.40. The Bertz CT molecular complexity index is 62.9. The van der Waals surface area contributed by atoms with Crippen LogP contribution in [0, 0.1) is 0 Å². The zero-order valence-electron chi connectivity index (χ0n) is 5.74. The van der Waals surface area contributed by atoms with E-state index in [0.717, 1.165) is 0 Å². The molecule has 0 fully saturated rings. The summed E-state index contributed by atoms with van der Waals surface area (Å²) in [6, 6.07) is 0. The Morgan fingerprint density at radius 3 is 1.75 bits per heavy atom. The number of hydrogen-bond donors (Lipinski definition) is 0. The van der Waals surface area contributed by atoms with Gasteiger partial charge in [-0.15, -0.1) is 11.8 Å². The smallest absolute Gasteiger partial charge is 0.0263 e. The van der Waals surface area contributed by atoms with E-state index in [2.05, 4.69) is 13.8 Å². The first-order valence-corrected chi connectivity index (χ1v) is 6.37. The van der Waals surface area contributed by atoms with E-state index in [4.69, 9.17) is 11.8 Å². The van der Waals surface area contributed by atoms with Crippen molar-refractivity contribution >= 4 is 18.5 Å². The molecule has 0 N–H and O–H groups in total. The molecular formula is C6H15PS. The molecule has 8 heavy (non-hydrogen) atoms. The Kier molecular flexibility index (Phi) is 6.25. The van der Waals surface area contributed by atoms with Gasteiger partial charge in [0.05, 0.1) is 0 Å². The van der Waals surface area contributed by atoms with Crippen molar-refractivity contribution in [2.45, 2.75) is 26.7 Å². The lowest BCUT2D eigenvalue weighted by molar-refractivity contribution is 1.06. The predicted octanol–water partition coefficient (Wildman–Crippen LogP) is 2.48. The molecule has 0 aromatic rings. The number of hydrogen-bond acceptors (Lipinski definition) is 1. The van der Waals surface area contributed by atoms with Gasteiger partial charge < -0.3 is 0 Å². The van der Waals surface area contributed by atoms with E-state index in [-0.39, 0.29) is 6.70 Å². The molecule has 0 spiro atoms. The van der Waals surface area contributed by atoms with Gasteiger partial charge in [0.15, 0.2) is 0 Å². The molecule has 50 valence electrons. The van der Waals surface area contributed by atoms with Crippen LogP contribution in [0.4, 0.5) is 0 Å². The van der Waals surface area contributed by atoms with E-state index in [1.54, 1.807) is 0 Å². The highest BCUT2D eigenvalue weighted by atomic mass is 32.4. The molecule has 0 aliphatic heterocycles. The average molecular weight is 150 g/mol. The zero-order valence-corrected chi connectivity index (χ0v) is 7.55. The maximum Gasteiger partial charge on any atom is -0.0263 e. The monoisotopic (exact) mass is 150 g/mol. The highest BCUT2D eigenvalue weighted by Gasteiger charge is 1.88. The predicted molar refractivity (Wildman–Crippen MR) is 46.0 cm³/mol. The Hall–Kier alpha value is 0.650. The molecule has 0 rings (SSSR count). The minimum Gasteiger partial charge on any atom is -0.101 e. The van der Waals surface area contributed by atoms with Crippen LogP contribution in [0.3, 0.4) is 0 Å². The second-order valence-corrected chi connectivity index (χ2v) is 5.85. The summed E-state index contributed by atoms with van der Waals surface area (Å²) >= 11 is 5.24. The second-order valence-electron chi connectivity index (χ2n) is 2.04. The fourth-order valence-electron chi connectivity index (χ4n) is 0.683. The minimum atomic E-state index is -0.308. The summed E-state index contributed by atoms with van der Waals surface area (Å²) in [6.45, 7) is 4.12. The van der Waals surface area contributed by atoms with Crippen LogP contribution in [0.2, 0.25) is 0 Å². The van der Waals surface area contributed by atoms with Crippen LogP contribution < -0.4 is 0 Å². The molecule has 0 atom stereocenters. The Morgan fingerprint density at radius 2 is 1.50 bits per heavy atom. The molecule has 0 nitrogen and oxygen atoms in total. The van der Waals surface area contributed by atoms with Gasteiger partial charge in [0.2, 0.25) is 0 Å². The van der Waals surface area contributed by atoms with Crippen molar-refractivity contribution in [2.75, 3.05) is 12.3 Å². The van der Waals surface area contributed by atoms with Crippen LogP contribution in [0.25, 0.3) is 0 Å². The first-order valence-electron chi connectivity index (χ1n) is 3.33. The largest absolute Gasteiger partial charge is 0.101 e. The molecular weight excluding hydrogens is 135 g/mol. The Balaban J connectivity index is 3.06. The van der Waals surface area contributed by atoms with Gasteiger partial charge >= 0.3 is 0 Å². The van der Waals surface area contributed by atoms with E-state index in [1.165, 1.54) is 25.2 Å². The Morgan fingerprint density at radius 1 is 1.12 bits per heavy atom. The molecule has 0 aromatic carbocycles. The topological polar surface area (TPSA) is 0 Å². The molecule has 0 saturated heterocycles. The van der Waals surface area contributed by atoms with Gasteiger partial charge in [-0.25, -0.2) is 0 Å². The van der Waals surface area contributed by atoms with Crippen molar-refractivity contribution < 1.29 is 0 Å². The van der Waals surface area contributed by atoms with E-state index in [1.807, 2.05) is 0 Å². The summed E-state index contributed by atoms with van der Waals surface area (Å²) in [5.41, 5.74) is 0. The quantitative estimate of drug-likeness (QED) is 0.555. The van der Waals surface area contributed by atoms with Gasteiger partial charge in [0.25, 0.3) is 0 Å². The maximum atomic E-state index is 5.24. The van der Waals surface area contributed by atoms with Gasteiger partial charge in [-0.1, -0.05) is 33.4 Å². The van der Waals surface area contributed by atoms with E-state index < -0.39 is 0 Å². The van der Waals surface area contributed by atoms with Crippen molar-refractivity contribution in [3.05, 3.63) is 0 Å². The summed E-state index contributed by atoms with van der Waals surface area (Å²) in [7, 11) is 0. The number of rotatable bonds is 4. The third-order valence-electron chi connectivity index (χ3n) is 1.06. The minimum absolute atomic E-state index is 0.308. The maximum absolute atomic E-state index is 5.24. The van der Waals surface area contributed by atoms with Crippen molar-refractivity contribution in [1.29, 1.82) is 0 Å². The molecule has 0 amide bonds. The fourth-order valence-corrected chi connectivity index (χ4v) is 3.27. The van der Waals surface area contributed by atoms with Crippen molar-refractivity contribution in [1.82, 2.24) is 0 Å². The Labute approximate surface area is 58.1 Å². The van der Waals surface area contributed by atoms with Gasteiger partial charge in [0, 0.05) is 0 Å². The molecule has 0 saturated carbocycles. The fraction of sp³-hybridized carbons (Fsp3) is 1.00. The van der Waals surface area contributed by atoms with Crippen LogP contribution >= 0.6 is 6.70 Å². The van der Waals surface area contributed by atoms with Crippen LogP contribution in [0.15, 0.2) is 0 Å². The lowest BCUT2D eigenvalue weighted by atomic mass is 10.6. The van der Waals surface area contributed by atoms with Crippen molar-refractivity contribution in [3.63, 3.8) is 0 Å². The van der Waals surface area contributed by atoms with Crippen molar-refractivity contribution in [3.8, 4) is 0 Å². The molecule has 0 aromatic heterocycles. The highest BCUT2D eigenvalue weighted by Crippen LogP contribution is 2.21. The second kappa shape index (κ2) is 5.78. The zero-order chi connectivity index (χ0) is 6.41. The lowest BCUT2D eigenvalue weighted by Crippen LogP contribution is -1.77. The van der Waals surface area contributed by atoms with Crippen LogP contribution in [0.1, 0.15) is 26.7 Å². The molecule has 0 heterocycles. The van der Waals surface area contributed by atoms with Crippen LogP contribution in [-0.4, -0.2) is 12.3 Å². The SMILES string of the molecule is CCC[PH](=S)CCC. The van der Waals surface area contributed by atoms with Crippen LogP contribution in [0.5, 0.6) is 0 Å². The molecule has 0 radical (unpaired) electrons. The van der Waals surface area contributed by atoms with Crippen molar-refractivity contribution in [2.24, 2.45) is 0 Å². The molecule has 2 heteroatoms. The third kappa shape index (κ3) is 4.80. The molecule has 0 aliphatic rings. The summed E-state index contributed by atoms with van der Waals surface area (Å²) in [5.74, 6) is 0. The summed E-state index contributed by atoms with van der Waals surface area (Å²) in [4.78, 5) is 0.